The summed E-state index contributed by atoms with van der Waals surface area (Å²) in [5.41, 5.74) is 6.75. The van der Waals surface area contributed by atoms with Crippen molar-refractivity contribution in [1.82, 2.24) is 0 Å². The molecule has 0 saturated heterocycles. The Balaban J connectivity index is 1.47. The summed E-state index contributed by atoms with van der Waals surface area (Å²) < 4.78 is 16.6. The van der Waals surface area contributed by atoms with Crippen molar-refractivity contribution >= 4 is 11.5 Å². The first-order chi connectivity index (χ1) is 15.6. The molecule has 0 heterocycles. The molecule has 1 atom stereocenters. The van der Waals surface area contributed by atoms with Crippen LogP contribution in [0.25, 0.3) is 16.7 Å². The van der Waals surface area contributed by atoms with Gasteiger partial charge in [-0.3, -0.25) is 0 Å². The highest BCUT2D eigenvalue weighted by molar-refractivity contribution is 6.01. The zero-order valence-electron chi connectivity index (χ0n) is 18.2. The summed E-state index contributed by atoms with van der Waals surface area (Å²) in [6.45, 7) is 2.58. The molecule has 0 aromatic heterocycles. The van der Waals surface area contributed by atoms with Gasteiger partial charge in [-0.25, -0.2) is 4.79 Å². The van der Waals surface area contributed by atoms with Crippen LogP contribution in [0.4, 0.5) is 0 Å². The Morgan fingerprint density at radius 1 is 0.938 bits per heavy atom. The number of hydrogen-bond acceptors (Lipinski definition) is 4. The summed E-state index contributed by atoms with van der Waals surface area (Å²) in [5, 5.41) is 9.25. The lowest BCUT2D eigenvalue weighted by atomic mass is 10.0. The second kappa shape index (κ2) is 9.71. The minimum atomic E-state index is -0.950. The van der Waals surface area contributed by atoms with Crippen molar-refractivity contribution in [3.05, 3.63) is 89.5 Å². The monoisotopic (exact) mass is 430 g/mol. The number of rotatable bonds is 9. The lowest BCUT2D eigenvalue weighted by molar-refractivity contribution is -0.149. The number of aliphatic carboxylic acids is 1. The predicted octanol–water partition coefficient (Wildman–Crippen LogP) is 5.22. The third-order valence-electron chi connectivity index (χ3n) is 5.55. The highest BCUT2D eigenvalue weighted by atomic mass is 16.5. The van der Waals surface area contributed by atoms with Crippen molar-refractivity contribution in [1.29, 1.82) is 0 Å². The molecule has 3 aromatic rings. The van der Waals surface area contributed by atoms with Gasteiger partial charge in [-0.05, 0) is 70.7 Å². The smallest absolute Gasteiger partial charge is 0.333 e. The molecule has 0 fully saturated rings. The Morgan fingerprint density at radius 2 is 1.62 bits per heavy atom. The number of carbonyl (C=O) groups is 1. The van der Waals surface area contributed by atoms with Crippen LogP contribution < -0.4 is 9.47 Å². The number of carboxylic acid groups (broad SMARTS) is 1. The number of hydrogen-bond donors (Lipinski definition) is 1. The van der Waals surface area contributed by atoms with Gasteiger partial charge in [0.1, 0.15) is 18.1 Å². The van der Waals surface area contributed by atoms with Gasteiger partial charge in [0.05, 0.1) is 7.11 Å². The second-order valence-electron chi connectivity index (χ2n) is 7.52. The molecule has 32 heavy (non-hydrogen) atoms. The Bertz CT molecular complexity index is 1130. The van der Waals surface area contributed by atoms with E-state index in [2.05, 4.69) is 30.3 Å². The molecule has 0 saturated carbocycles. The van der Waals surface area contributed by atoms with Crippen LogP contribution in [0.2, 0.25) is 0 Å². The van der Waals surface area contributed by atoms with Gasteiger partial charge in [0.25, 0.3) is 0 Å². The van der Waals surface area contributed by atoms with E-state index >= 15 is 0 Å². The fraction of sp³-hybridized carbons (Fsp3) is 0.222. The molecule has 0 aliphatic heterocycles. The van der Waals surface area contributed by atoms with Gasteiger partial charge < -0.3 is 19.3 Å². The quantitative estimate of drug-likeness (QED) is 0.394. The van der Waals surface area contributed by atoms with Crippen LogP contribution in [-0.4, -0.2) is 37.5 Å². The Kier molecular flexibility index (Phi) is 6.57. The molecular formula is C27H26O5. The summed E-state index contributed by atoms with van der Waals surface area (Å²) in [7, 11) is 1.68. The summed E-state index contributed by atoms with van der Waals surface area (Å²) >= 11 is 0. The Morgan fingerprint density at radius 3 is 2.31 bits per heavy atom. The molecule has 4 rings (SSSR count). The number of carboxylic acids is 1. The van der Waals surface area contributed by atoms with Gasteiger partial charge in [-0.15, -0.1) is 0 Å². The molecule has 5 heteroatoms. The van der Waals surface area contributed by atoms with E-state index in [0.717, 1.165) is 28.2 Å². The average molecular weight is 431 g/mol. The molecule has 3 aromatic carbocycles. The Hall–Kier alpha value is -3.57. The van der Waals surface area contributed by atoms with Crippen LogP contribution in [0.1, 0.15) is 23.6 Å². The first kappa shape index (κ1) is 21.7. The van der Waals surface area contributed by atoms with Crippen LogP contribution in [-0.2, 0) is 16.0 Å². The van der Waals surface area contributed by atoms with Crippen molar-refractivity contribution in [2.75, 3.05) is 20.3 Å². The van der Waals surface area contributed by atoms with Gasteiger partial charge in [-0.2, -0.15) is 0 Å². The first-order valence-electron chi connectivity index (χ1n) is 10.6. The molecule has 1 aliphatic carbocycles. The number of ether oxygens (including phenoxy) is 3. The molecule has 164 valence electrons. The highest BCUT2D eigenvalue weighted by Gasteiger charge is 2.23. The summed E-state index contributed by atoms with van der Waals surface area (Å²) in [5.74, 6) is 0.620. The Labute approximate surface area is 187 Å². The maximum Gasteiger partial charge on any atom is 0.333 e. The van der Waals surface area contributed by atoms with E-state index in [-0.39, 0.29) is 0 Å². The highest BCUT2D eigenvalue weighted by Crippen LogP contribution is 2.45. The fourth-order valence-electron chi connectivity index (χ4n) is 4.00. The maximum atomic E-state index is 11.3. The van der Waals surface area contributed by atoms with Crippen molar-refractivity contribution < 1.29 is 24.1 Å². The maximum absolute atomic E-state index is 11.3. The van der Waals surface area contributed by atoms with E-state index in [9.17, 15) is 9.90 Å². The summed E-state index contributed by atoms with van der Waals surface area (Å²) in [6, 6.07) is 22.0. The normalized spacial score (nSPS) is 14.0. The van der Waals surface area contributed by atoms with Gasteiger partial charge in [0.2, 0.25) is 0 Å². The van der Waals surface area contributed by atoms with Crippen molar-refractivity contribution in [3.63, 3.8) is 0 Å². The van der Waals surface area contributed by atoms with E-state index < -0.39 is 12.1 Å². The van der Waals surface area contributed by atoms with Crippen LogP contribution in [0.5, 0.6) is 11.5 Å². The third kappa shape index (κ3) is 4.53. The number of benzene rings is 3. The molecule has 0 amide bonds. The van der Waals surface area contributed by atoms with Gasteiger partial charge in [-0.1, -0.05) is 42.5 Å². The standard InChI is InChI=1S/C27H26O5/c1-3-31-26(27(28)29)16-18-8-10-19(11-9-18)32-15-14-24-21-6-4-5-7-22(21)25-17-20(30-2)12-13-23(24)25/h4-14,17,26H,3,15-16H2,1-2H3,(H,28,29)/b24-14-. The molecule has 0 bridgehead atoms. The van der Waals surface area contributed by atoms with Crippen molar-refractivity contribution in [2.45, 2.75) is 19.4 Å². The molecule has 0 radical (unpaired) electrons. The molecule has 1 N–H and O–H groups in total. The zero-order valence-corrected chi connectivity index (χ0v) is 18.2. The molecule has 1 aliphatic rings. The summed E-state index contributed by atoms with van der Waals surface area (Å²) in [4.78, 5) is 11.3. The lowest BCUT2D eigenvalue weighted by Crippen LogP contribution is -2.26. The molecule has 1 unspecified atom stereocenters. The lowest BCUT2D eigenvalue weighted by Gasteiger charge is -2.12. The van der Waals surface area contributed by atoms with Crippen molar-refractivity contribution in [3.8, 4) is 22.6 Å². The third-order valence-corrected chi connectivity index (χ3v) is 5.55. The molecule has 5 nitrogen and oxygen atoms in total. The summed E-state index contributed by atoms with van der Waals surface area (Å²) in [6.07, 6.45) is 1.59. The van der Waals surface area contributed by atoms with Gasteiger partial charge in [0, 0.05) is 13.0 Å². The van der Waals surface area contributed by atoms with E-state index in [1.807, 2.05) is 42.5 Å². The molecular weight excluding hydrogens is 404 g/mol. The van der Waals surface area contributed by atoms with Crippen LogP contribution in [0.15, 0.2) is 72.8 Å². The van der Waals surface area contributed by atoms with Crippen LogP contribution in [0.3, 0.4) is 0 Å². The number of methoxy groups -OCH3 is 1. The largest absolute Gasteiger partial charge is 0.497 e. The minimum Gasteiger partial charge on any atom is -0.497 e. The van der Waals surface area contributed by atoms with E-state index in [4.69, 9.17) is 14.2 Å². The first-order valence-corrected chi connectivity index (χ1v) is 10.6. The van der Waals surface area contributed by atoms with Crippen LogP contribution in [0, 0.1) is 0 Å². The van der Waals surface area contributed by atoms with Crippen LogP contribution >= 0.6 is 0 Å². The minimum absolute atomic E-state index is 0.324. The van der Waals surface area contributed by atoms with Gasteiger partial charge >= 0.3 is 5.97 Å². The predicted molar refractivity (Wildman–Crippen MR) is 124 cm³/mol. The molecule has 0 spiro atoms. The fourth-order valence-corrected chi connectivity index (χ4v) is 4.00. The van der Waals surface area contributed by atoms with E-state index in [0.29, 0.717) is 19.6 Å². The topological polar surface area (TPSA) is 65.0 Å². The number of fused-ring (bicyclic) bond motifs is 3. The SMILES string of the molecule is CCOC(Cc1ccc(OC/C=C2/c3ccccc3-c3cc(OC)ccc32)cc1)C(=O)O. The van der Waals surface area contributed by atoms with E-state index in [1.54, 1.807) is 14.0 Å². The second-order valence-corrected chi connectivity index (χ2v) is 7.52. The van der Waals surface area contributed by atoms with Gasteiger partial charge in [0.15, 0.2) is 6.10 Å². The van der Waals surface area contributed by atoms with E-state index in [1.165, 1.54) is 16.7 Å². The average Bonchev–Trinajstić information content (AvgIpc) is 3.13. The zero-order chi connectivity index (χ0) is 22.5. The van der Waals surface area contributed by atoms with Crippen molar-refractivity contribution in [2.24, 2.45) is 0 Å².